The lowest BCUT2D eigenvalue weighted by molar-refractivity contribution is -0.385. The van der Waals surface area contributed by atoms with Crippen LogP contribution in [-0.4, -0.2) is 25.5 Å². The van der Waals surface area contributed by atoms with Crippen LogP contribution in [0.3, 0.4) is 0 Å². The van der Waals surface area contributed by atoms with Crippen LogP contribution >= 0.6 is 0 Å². The Morgan fingerprint density at radius 1 is 0.938 bits per heavy atom. The van der Waals surface area contributed by atoms with Gasteiger partial charge in [-0.05, 0) is 12.1 Å². The largest absolute Gasteiger partial charge is 0.450 e. The highest BCUT2D eigenvalue weighted by Gasteiger charge is 2.43. The van der Waals surface area contributed by atoms with Gasteiger partial charge in [-0.3, -0.25) is 20.2 Å². The van der Waals surface area contributed by atoms with Crippen LogP contribution in [0.4, 0.5) is 42.5 Å². The Bertz CT molecular complexity index is 1270. The van der Waals surface area contributed by atoms with E-state index in [0.717, 1.165) is 24.3 Å². The normalized spacial score (nSPS) is 12.1. The number of alkyl halides is 6. The van der Waals surface area contributed by atoms with Crippen LogP contribution in [0.25, 0.3) is 11.0 Å². The summed E-state index contributed by atoms with van der Waals surface area (Å²) >= 11 is 0. The van der Waals surface area contributed by atoms with E-state index in [4.69, 9.17) is 0 Å². The fourth-order valence-corrected chi connectivity index (χ4v) is 2.67. The summed E-state index contributed by atoms with van der Waals surface area (Å²) in [6.07, 6.45) is -12.7. The highest BCUT2D eigenvalue weighted by Crippen LogP contribution is 2.39. The first-order valence-corrected chi connectivity index (χ1v) is 8.02. The van der Waals surface area contributed by atoms with E-state index in [1.54, 1.807) is 0 Å². The van der Waals surface area contributed by atoms with Crippen LogP contribution in [0.2, 0.25) is 0 Å². The Hall–Kier alpha value is -4.24. The lowest BCUT2D eigenvalue weighted by Crippen LogP contribution is -2.24. The number of nitro benzene ring substituents is 2. The van der Waals surface area contributed by atoms with Gasteiger partial charge in [0.15, 0.2) is 5.52 Å². The minimum absolute atomic E-state index is 0.0345. The number of carbonyl (C=O) groups is 1. The van der Waals surface area contributed by atoms with Gasteiger partial charge in [0.2, 0.25) is 11.6 Å². The molecule has 0 N–H and O–H groups in total. The summed E-state index contributed by atoms with van der Waals surface area (Å²) in [6.45, 7) is 0. The van der Waals surface area contributed by atoms with Crippen LogP contribution in [0.15, 0.2) is 36.4 Å². The summed E-state index contributed by atoms with van der Waals surface area (Å²) in [6, 6.07) is 4.01. The van der Waals surface area contributed by atoms with Gasteiger partial charge in [-0.25, -0.2) is 14.3 Å². The van der Waals surface area contributed by atoms with Crippen molar-refractivity contribution in [2.75, 3.05) is 0 Å². The van der Waals surface area contributed by atoms with Gasteiger partial charge < -0.3 is 4.74 Å². The predicted octanol–water partition coefficient (Wildman–Crippen LogP) is 4.94. The van der Waals surface area contributed by atoms with E-state index in [0.29, 0.717) is 0 Å². The Morgan fingerprint density at radius 3 is 2.06 bits per heavy atom. The molecule has 0 fully saturated rings. The van der Waals surface area contributed by atoms with E-state index < -0.39 is 72.4 Å². The van der Waals surface area contributed by atoms with E-state index in [1.807, 2.05) is 0 Å². The number of hydrogen-bond acceptors (Lipinski definition) is 7. The smallest absolute Gasteiger partial charge is 0.402 e. The average Bonchev–Trinajstić information content (AvgIpc) is 3.06. The molecule has 0 radical (unpaired) electrons. The zero-order chi connectivity index (χ0) is 24.0. The molecule has 0 aliphatic rings. The molecular weight excluding hydrogens is 458 g/mol. The van der Waals surface area contributed by atoms with Crippen LogP contribution in [-0.2, 0) is 12.4 Å². The number of ether oxygens (including phenoxy) is 1. The van der Waals surface area contributed by atoms with Crippen LogP contribution in [0.5, 0.6) is 5.75 Å². The Labute approximate surface area is 170 Å². The lowest BCUT2D eigenvalue weighted by Gasteiger charge is -2.11. The van der Waals surface area contributed by atoms with E-state index in [1.165, 1.54) is 0 Å². The fourth-order valence-electron chi connectivity index (χ4n) is 2.67. The molecule has 0 atom stereocenters. The summed E-state index contributed by atoms with van der Waals surface area (Å²) in [7, 11) is 0. The number of hydrogen-bond donors (Lipinski definition) is 0. The number of carbonyl (C=O) groups excluding carboxylic acids is 1. The maximum Gasteiger partial charge on any atom is 0.450 e. The molecule has 0 aliphatic carbocycles. The Balaban J connectivity index is 2.31. The van der Waals surface area contributed by atoms with Gasteiger partial charge in [-0.2, -0.15) is 26.3 Å². The van der Waals surface area contributed by atoms with Gasteiger partial charge in [0.05, 0.1) is 20.9 Å². The summed E-state index contributed by atoms with van der Waals surface area (Å²) in [5.74, 6) is -2.95. The zero-order valence-electron chi connectivity index (χ0n) is 15.0. The molecule has 0 amide bonds. The molecule has 3 aromatic rings. The number of rotatable bonds is 3. The third-order valence-electron chi connectivity index (χ3n) is 3.96. The highest BCUT2D eigenvalue weighted by molar-refractivity contribution is 5.94. The topological polar surface area (TPSA) is 130 Å². The van der Waals surface area contributed by atoms with E-state index in [2.05, 4.69) is 9.72 Å². The van der Waals surface area contributed by atoms with Crippen molar-refractivity contribution in [1.29, 1.82) is 0 Å². The molecule has 2 aromatic carbocycles. The highest BCUT2D eigenvalue weighted by atomic mass is 19.4. The first-order valence-electron chi connectivity index (χ1n) is 8.02. The molecule has 16 heteroatoms. The van der Waals surface area contributed by atoms with Gasteiger partial charge in [0.25, 0.3) is 5.69 Å². The molecular formula is C16H6F6N4O6. The number of benzene rings is 2. The summed E-state index contributed by atoms with van der Waals surface area (Å²) in [5.41, 5.74) is -6.42. The molecule has 10 nitrogen and oxygen atoms in total. The summed E-state index contributed by atoms with van der Waals surface area (Å²) in [4.78, 5) is 35.2. The zero-order valence-corrected chi connectivity index (χ0v) is 15.0. The average molecular weight is 464 g/mol. The van der Waals surface area contributed by atoms with Crippen LogP contribution in [0.1, 0.15) is 11.4 Å². The third kappa shape index (κ3) is 4.01. The van der Waals surface area contributed by atoms with Crippen molar-refractivity contribution in [2.45, 2.75) is 12.4 Å². The number of non-ortho nitro benzene ring substituents is 1. The minimum Gasteiger partial charge on any atom is -0.402 e. The number of halogens is 6. The SMILES string of the molecule is O=C(Oc1ccccc1[N+](=O)[O-])n1c(C(F)(F)F)nc2c([N+](=O)[O-])cc(C(F)(F)F)cc21. The number of imidazole rings is 1. The molecule has 0 unspecified atom stereocenters. The quantitative estimate of drug-likeness (QED) is 0.305. The number of para-hydroxylation sites is 2. The predicted molar refractivity (Wildman–Crippen MR) is 90.9 cm³/mol. The van der Waals surface area contributed by atoms with Crippen molar-refractivity contribution in [2.24, 2.45) is 0 Å². The second-order valence-electron chi connectivity index (χ2n) is 5.98. The molecule has 1 heterocycles. The summed E-state index contributed by atoms with van der Waals surface area (Å²) < 4.78 is 84.0. The molecule has 1 aromatic heterocycles. The monoisotopic (exact) mass is 464 g/mol. The first kappa shape index (κ1) is 22.4. The molecule has 0 saturated heterocycles. The second kappa shape index (κ2) is 7.47. The molecule has 168 valence electrons. The number of nitro groups is 2. The van der Waals surface area contributed by atoms with Crippen LogP contribution in [0, 0.1) is 20.2 Å². The van der Waals surface area contributed by atoms with Gasteiger partial charge in [-0.15, -0.1) is 0 Å². The summed E-state index contributed by atoms with van der Waals surface area (Å²) in [5, 5.41) is 22.2. The van der Waals surface area contributed by atoms with E-state index >= 15 is 0 Å². The molecule has 32 heavy (non-hydrogen) atoms. The standard InChI is InChI=1S/C16H6F6N4O6/c17-15(18,19)7-5-9-12(10(6-7)26(30)31)23-13(16(20,21)22)24(9)14(27)32-11-4-2-1-3-8(11)25(28)29/h1-6H. The van der Waals surface area contributed by atoms with Crippen LogP contribution < -0.4 is 4.74 Å². The van der Waals surface area contributed by atoms with E-state index in [9.17, 15) is 51.4 Å². The fraction of sp³-hybridized carbons (Fsp3) is 0.125. The first-order chi connectivity index (χ1) is 14.7. The van der Waals surface area contributed by atoms with Gasteiger partial charge in [0, 0.05) is 12.1 Å². The van der Waals surface area contributed by atoms with Gasteiger partial charge in [0.1, 0.15) is 0 Å². The van der Waals surface area contributed by atoms with Crippen molar-refractivity contribution >= 4 is 28.5 Å². The second-order valence-corrected chi connectivity index (χ2v) is 5.98. The van der Waals surface area contributed by atoms with E-state index in [-0.39, 0.29) is 12.1 Å². The van der Waals surface area contributed by atoms with Gasteiger partial charge >= 0.3 is 24.1 Å². The molecule has 0 aliphatic heterocycles. The lowest BCUT2D eigenvalue weighted by atomic mass is 10.1. The third-order valence-corrected chi connectivity index (χ3v) is 3.96. The maximum atomic E-state index is 13.5. The Morgan fingerprint density at radius 2 is 1.53 bits per heavy atom. The molecule has 0 spiro atoms. The number of aromatic nitrogens is 2. The molecule has 0 saturated carbocycles. The van der Waals surface area contributed by atoms with Crippen molar-refractivity contribution in [1.82, 2.24) is 9.55 Å². The molecule has 0 bridgehead atoms. The van der Waals surface area contributed by atoms with Gasteiger partial charge in [-0.1, -0.05) is 12.1 Å². The van der Waals surface area contributed by atoms with Crippen molar-refractivity contribution in [3.8, 4) is 5.75 Å². The van der Waals surface area contributed by atoms with Crippen molar-refractivity contribution in [3.63, 3.8) is 0 Å². The molecule has 3 rings (SSSR count). The number of fused-ring (bicyclic) bond motifs is 1. The number of nitrogens with zero attached hydrogens (tertiary/aromatic N) is 4. The van der Waals surface area contributed by atoms with Crippen molar-refractivity contribution in [3.05, 3.63) is 68.0 Å². The van der Waals surface area contributed by atoms with Crippen molar-refractivity contribution < 1.29 is 45.7 Å². The maximum absolute atomic E-state index is 13.5. The Kier molecular flexibility index (Phi) is 5.24. The minimum atomic E-state index is -5.47.